The van der Waals surface area contributed by atoms with E-state index in [1.54, 1.807) is 0 Å². The van der Waals surface area contributed by atoms with Gasteiger partial charge in [0.1, 0.15) is 11.4 Å². The van der Waals surface area contributed by atoms with Gasteiger partial charge < -0.3 is 5.73 Å². The molecule has 0 saturated carbocycles. The van der Waals surface area contributed by atoms with E-state index in [0.717, 1.165) is 0 Å². The summed E-state index contributed by atoms with van der Waals surface area (Å²) in [4.78, 5) is 36.3. The maximum Gasteiger partial charge on any atom is 0.268 e. The second-order valence-electron chi connectivity index (χ2n) is 5.19. The Kier molecular flexibility index (Phi) is 3.36. The van der Waals surface area contributed by atoms with Crippen LogP contribution in [0.15, 0.2) is 35.3 Å². The molecule has 0 atom stereocenters. The summed E-state index contributed by atoms with van der Waals surface area (Å²) in [5.74, 6) is -1.42. The van der Waals surface area contributed by atoms with Crippen LogP contribution in [0, 0.1) is 5.82 Å². The molecule has 0 unspecified atom stereocenters. The molecule has 5 nitrogen and oxygen atoms in total. The number of nitrogens with two attached hydrogens (primary N) is 1. The van der Waals surface area contributed by atoms with E-state index in [0.29, 0.717) is 36.1 Å². The Hall–Kier alpha value is -2.76. The number of hydrogen-bond donors (Lipinski definition) is 1. The highest BCUT2D eigenvalue weighted by molar-refractivity contribution is 6.03. The second-order valence-corrected chi connectivity index (χ2v) is 5.19. The van der Waals surface area contributed by atoms with Gasteiger partial charge in [0.15, 0.2) is 5.78 Å². The van der Waals surface area contributed by atoms with Gasteiger partial charge >= 0.3 is 0 Å². The normalized spacial score (nSPS) is 13.8. The van der Waals surface area contributed by atoms with Crippen LogP contribution in [-0.4, -0.2) is 16.3 Å². The number of primary amides is 1. The monoisotopic (exact) mass is 300 g/mol. The fourth-order valence-electron chi connectivity index (χ4n) is 2.76. The van der Waals surface area contributed by atoms with E-state index in [9.17, 15) is 18.8 Å². The highest BCUT2D eigenvalue weighted by Crippen LogP contribution is 2.23. The van der Waals surface area contributed by atoms with Crippen LogP contribution in [-0.2, 0) is 6.42 Å². The summed E-state index contributed by atoms with van der Waals surface area (Å²) in [5.41, 5.74) is 5.71. The van der Waals surface area contributed by atoms with E-state index in [2.05, 4.69) is 0 Å². The van der Waals surface area contributed by atoms with Gasteiger partial charge in [-0.15, -0.1) is 0 Å². The zero-order chi connectivity index (χ0) is 15.9. The molecule has 0 spiro atoms. The molecule has 0 bridgehead atoms. The molecule has 0 radical (unpaired) electrons. The number of aromatic nitrogens is 1. The van der Waals surface area contributed by atoms with Crippen molar-refractivity contribution >= 4 is 11.7 Å². The van der Waals surface area contributed by atoms with Gasteiger partial charge in [-0.25, -0.2) is 4.39 Å². The minimum atomic E-state index is -0.854. The molecule has 1 aromatic carbocycles. The van der Waals surface area contributed by atoms with Crippen molar-refractivity contribution in [2.75, 3.05) is 0 Å². The lowest BCUT2D eigenvalue weighted by Crippen LogP contribution is -2.33. The lowest BCUT2D eigenvalue weighted by atomic mass is 9.88. The molecular formula is C16H13FN2O3. The molecule has 1 aliphatic rings. The third-order valence-electron chi connectivity index (χ3n) is 3.80. The number of Topliss-reactive ketones (excluding diaryl/α,β-unsaturated/α-hetero) is 1. The van der Waals surface area contributed by atoms with Crippen molar-refractivity contribution in [1.29, 1.82) is 0 Å². The summed E-state index contributed by atoms with van der Waals surface area (Å²) in [5, 5.41) is 0. The lowest BCUT2D eigenvalue weighted by molar-refractivity contribution is 0.0971. The maximum absolute atomic E-state index is 13.0. The Morgan fingerprint density at radius 1 is 1.14 bits per heavy atom. The number of carbonyl (C=O) groups excluding carboxylic acids is 2. The van der Waals surface area contributed by atoms with Crippen LogP contribution in [0.2, 0.25) is 0 Å². The smallest absolute Gasteiger partial charge is 0.268 e. The molecule has 1 aliphatic carbocycles. The van der Waals surface area contributed by atoms with E-state index >= 15 is 0 Å². The second kappa shape index (κ2) is 5.22. The van der Waals surface area contributed by atoms with E-state index in [-0.39, 0.29) is 11.3 Å². The molecule has 0 aliphatic heterocycles. The van der Waals surface area contributed by atoms with Crippen LogP contribution in [0.25, 0.3) is 5.69 Å². The summed E-state index contributed by atoms with van der Waals surface area (Å²) in [7, 11) is 0. The van der Waals surface area contributed by atoms with Gasteiger partial charge in [-0.1, -0.05) is 0 Å². The molecule has 6 heteroatoms. The SMILES string of the molecule is NC(=O)c1c2c(cn(-c3ccc(F)cc3)c1=O)C(=O)CCC2. The van der Waals surface area contributed by atoms with Crippen LogP contribution in [0.3, 0.4) is 0 Å². The van der Waals surface area contributed by atoms with Crippen LogP contribution in [0.4, 0.5) is 4.39 Å². The fraction of sp³-hybridized carbons (Fsp3) is 0.188. The van der Waals surface area contributed by atoms with Crippen LogP contribution in [0.5, 0.6) is 0 Å². The quantitative estimate of drug-likeness (QED) is 0.914. The van der Waals surface area contributed by atoms with Crippen molar-refractivity contribution < 1.29 is 14.0 Å². The van der Waals surface area contributed by atoms with Crippen LogP contribution < -0.4 is 11.3 Å². The first kappa shape index (κ1) is 14.2. The number of halogens is 1. The number of ketones is 1. The molecule has 2 aromatic rings. The standard InChI is InChI=1S/C16H13FN2O3/c17-9-4-6-10(7-5-9)19-8-12-11(2-1-3-13(12)20)14(15(18)21)16(19)22/h4-8H,1-3H2,(H2,18,21). The number of amides is 1. The minimum Gasteiger partial charge on any atom is -0.365 e. The number of hydrogen-bond acceptors (Lipinski definition) is 3. The third kappa shape index (κ3) is 2.22. The van der Waals surface area contributed by atoms with E-state index in [1.165, 1.54) is 35.0 Å². The summed E-state index contributed by atoms with van der Waals surface area (Å²) >= 11 is 0. The molecule has 22 heavy (non-hydrogen) atoms. The Morgan fingerprint density at radius 2 is 1.82 bits per heavy atom. The predicted molar refractivity (Wildman–Crippen MR) is 77.8 cm³/mol. The zero-order valence-electron chi connectivity index (χ0n) is 11.6. The van der Waals surface area contributed by atoms with Crippen LogP contribution in [0.1, 0.15) is 39.1 Å². The van der Waals surface area contributed by atoms with E-state index in [1.807, 2.05) is 0 Å². The number of benzene rings is 1. The summed E-state index contributed by atoms with van der Waals surface area (Å²) in [6.07, 6.45) is 2.84. The lowest BCUT2D eigenvalue weighted by Gasteiger charge is -2.19. The van der Waals surface area contributed by atoms with Gasteiger partial charge in [-0.05, 0) is 42.7 Å². The first-order valence-electron chi connectivity index (χ1n) is 6.86. The van der Waals surface area contributed by atoms with Crippen molar-refractivity contribution in [2.24, 2.45) is 5.73 Å². The molecule has 1 aromatic heterocycles. The zero-order valence-corrected chi connectivity index (χ0v) is 11.6. The van der Waals surface area contributed by atoms with Gasteiger partial charge in [-0.2, -0.15) is 0 Å². The first-order valence-corrected chi connectivity index (χ1v) is 6.86. The number of fused-ring (bicyclic) bond motifs is 1. The largest absolute Gasteiger partial charge is 0.365 e. The molecule has 3 rings (SSSR count). The van der Waals surface area contributed by atoms with E-state index < -0.39 is 17.3 Å². The van der Waals surface area contributed by atoms with Crippen molar-refractivity contribution in [3.05, 3.63) is 63.3 Å². The van der Waals surface area contributed by atoms with Crippen molar-refractivity contribution in [3.8, 4) is 5.69 Å². The average Bonchev–Trinajstić information content (AvgIpc) is 2.47. The van der Waals surface area contributed by atoms with Gasteiger partial charge in [0.05, 0.1) is 0 Å². The summed E-state index contributed by atoms with van der Waals surface area (Å²) in [6.45, 7) is 0. The number of nitrogens with zero attached hydrogens (tertiary/aromatic N) is 1. The van der Waals surface area contributed by atoms with Gasteiger partial charge in [-0.3, -0.25) is 19.0 Å². The number of rotatable bonds is 2. The first-order chi connectivity index (χ1) is 10.5. The van der Waals surface area contributed by atoms with Crippen molar-refractivity contribution in [1.82, 2.24) is 4.57 Å². The van der Waals surface area contributed by atoms with E-state index in [4.69, 9.17) is 5.73 Å². The number of carbonyl (C=O) groups is 2. The van der Waals surface area contributed by atoms with Gasteiger partial charge in [0, 0.05) is 23.9 Å². The Labute approximate surface area is 125 Å². The van der Waals surface area contributed by atoms with Gasteiger partial charge in [0.2, 0.25) is 0 Å². The molecule has 112 valence electrons. The molecule has 1 amide bonds. The molecule has 0 saturated heterocycles. The van der Waals surface area contributed by atoms with Gasteiger partial charge in [0.25, 0.3) is 11.5 Å². The highest BCUT2D eigenvalue weighted by atomic mass is 19.1. The highest BCUT2D eigenvalue weighted by Gasteiger charge is 2.26. The minimum absolute atomic E-state index is 0.125. The fourth-order valence-corrected chi connectivity index (χ4v) is 2.76. The van der Waals surface area contributed by atoms with Crippen molar-refractivity contribution in [2.45, 2.75) is 19.3 Å². The Morgan fingerprint density at radius 3 is 2.45 bits per heavy atom. The molecule has 2 N–H and O–H groups in total. The van der Waals surface area contributed by atoms with Crippen molar-refractivity contribution in [3.63, 3.8) is 0 Å². The van der Waals surface area contributed by atoms with Crippen LogP contribution >= 0.6 is 0 Å². The predicted octanol–water partition coefficient (Wildman–Crippen LogP) is 1.59. The summed E-state index contributed by atoms with van der Waals surface area (Å²) < 4.78 is 14.2. The topological polar surface area (TPSA) is 82.2 Å². The summed E-state index contributed by atoms with van der Waals surface area (Å²) in [6, 6.07) is 5.21. The number of pyridine rings is 1. The Balaban J connectivity index is 2.32. The molecular weight excluding hydrogens is 287 g/mol. The molecule has 1 heterocycles. The Bertz CT molecular complexity index is 838. The molecule has 0 fully saturated rings. The maximum atomic E-state index is 13.0. The average molecular weight is 300 g/mol. The third-order valence-corrected chi connectivity index (χ3v) is 3.80.